The smallest absolute Gasteiger partial charge is 0.119 e. The van der Waals surface area contributed by atoms with Crippen molar-refractivity contribution in [3.63, 3.8) is 0 Å². The fraction of sp³-hybridized carbons (Fsp3) is 0.235. The number of nitriles is 1. The number of hydrogen-bond acceptors (Lipinski definition) is 4. The van der Waals surface area contributed by atoms with Crippen molar-refractivity contribution < 1.29 is 9.84 Å². The Morgan fingerprint density at radius 1 is 1.24 bits per heavy atom. The number of hydrogen-bond donors (Lipinski definition) is 2. The number of ether oxygens (including phenoxy) is 1. The molecule has 0 saturated carbocycles. The summed E-state index contributed by atoms with van der Waals surface area (Å²) in [6, 6.07) is 17.0. The number of aliphatic hydroxyl groups excluding tert-OH is 1. The number of nitrogens with zero attached hydrogens (tertiary/aromatic N) is 1. The molecule has 2 N–H and O–H groups in total. The molecule has 0 aliphatic carbocycles. The standard InChI is InChI=1S/C17H18N2O2/c1-13-5-4-7-16(9-13)21-12-15(20)11-19-17-8-3-2-6-14(17)10-18/h2-9,15,19-20H,11-12H2,1H3. The molecule has 0 aliphatic heterocycles. The highest BCUT2D eigenvalue weighted by molar-refractivity contribution is 5.57. The van der Waals surface area contributed by atoms with E-state index in [1.54, 1.807) is 12.1 Å². The molecule has 0 fully saturated rings. The van der Waals surface area contributed by atoms with Gasteiger partial charge in [0.1, 0.15) is 24.5 Å². The first kappa shape index (κ1) is 14.9. The van der Waals surface area contributed by atoms with E-state index in [4.69, 9.17) is 10.00 Å². The average molecular weight is 282 g/mol. The van der Waals surface area contributed by atoms with Crippen LogP contribution in [0.4, 0.5) is 5.69 Å². The second-order valence-corrected chi connectivity index (χ2v) is 4.82. The first-order valence-corrected chi connectivity index (χ1v) is 6.79. The molecule has 0 aromatic heterocycles. The van der Waals surface area contributed by atoms with E-state index in [0.717, 1.165) is 17.0 Å². The van der Waals surface area contributed by atoms with Crippen LogP contribution < -0.4 is 10.1 Å². The number of aryl methyl sites for hydroxylation is 1. The van der Waals surface area contributed by atoms with Crippen molar-refractivity contribution in [3.8, 4) is 11.8 Å². The van der Waals surface area contributed by atoms with E-state index in [0.29, 0.717) is 12.1 Å². The summed E-state index contributed by atoms with van der Waals surface area (Å²) in [4.78, 5) is 0. The van der Waals surface area contributed by atoms with Crippen LogP contribution in [0.2, 0.25) is 0 Å². The number of benzene rings is 2. The van der Waals surface area contributed by atoms with E-state index >= 15 is 0 Å². The van der Waals surface area contributed by atoms with Gasteiger partial charge in [0.05, 0.1) is 11.3 Å². The second-order valence-electron chi connectivity index (χ2n) is 4.82. The van der Waals surface area contributed by atoms with Crippen LogP contribution in [-0.2, 0) is 0 Å². The number of nitrogens with one attached hydrogen (secondary N) is 1. The number of rotatable bonds is 6. The van der Waals surface area contributed by atoms with Crippen LogP contribution in [0.15, 0.2) is 48.5 Å². The monoisotopic (exact) mass is 282 g/mol. The molecule has 108 valence electrons. The maximum atomic E-state index is 9.93. The van der Waals surface area contributed by atoms with Gasteiger partial charge in [-0.25, -0.2) is 0 Å². The molecule has 4 heteroatoms. The van der Waals surface area contributed by atoms with E-state index in [1.807, 2.05) is 43.3 Å². The molecule has 21 heavy (non-hydrogen) atoms. The van der Waals surface area contributed by atoms with Gasteiger partial charge in [0.2, 0.25) is 0 Å². The first-order valence-electron chi connectivity index (χ1n) is 6.79. The van der Waals surface area contributed by atoms with Crippen molar-refractivity contribution in [2.45, 2.75) is 13.0 Å². The summed E-state index contributed by atoms with van der Waals surface area (Å²) < 4.78 is 5.54. The quantitative estimate of drug-likeness (QED) is 0.855. The van der Waals surface area contributed by atoms with E-state index in [-0.39, 0.29) is 6.61 Å². The zero-order valence-electron chi connectivity index (χ0n) is 11.9. The zero-order valence-corrected chi connectivity index (χ0v) is 11.9. The molecule has 0 amide bonds. The van der Waals surface area contributed by atoms with Gasteiger partial charge in [0.15, 0.2) is 0 Å². The molecule has 1 atom stereocenters. The normalized spacial score (nSPS) is 11.5. The van der Waals surface area contributed by atoms with E-state index in [9.17, 15) is 5.11 Å². The van der Waals surface area contributed by atoms with Gasteiger partial charge in [0.25, 0.3) is 0 Å². The summed E-state index contributed by atoms with van der Waals surface area (Å²) in [6.45, 7) is 2.51. The molecule has 0 saturated heterocycles. The lowest BCUT2D eigenvalue weighted by molar-refractivity contribution is 0.117. The molecule has 0 aliphatic rings. The summed E-state index contributed by atoms with van der Waals surface area (Å²) in [6.07, 6.45) is -0.655. The average Bonchev–Trinajstić information content (AvgIpc) is 2.51. The van der Waals surface area contributed by atoms with Crippen molar-refractivity contribution in [2.24, 2.45) is 0 Å². The van der Waals surface area contributed by atoms with E-state index in [2.05, 4.69) is 11.4 Å². The summed E-state index contributed by atoms with van der Waals surface area (Å²) in [7, 11) is 0. The van der Waals surface area contributed by atoms with Gasteiger partial charge in [0, 0.05) is 6.54 Å². The number of aliphatic hydroxyl groups is 1. The molecule has 0 radical (unpaired) electrons. The fourth-order valence-corrected chi connectivity index (χ4v) is 1.92. The van der Waals surface area contributed by atoms with Crippen molar-refractivity contribution in [1.82, 2.24) is 0 Å². The minimum Gasteiger partial charge on any atom is -0.491 e. The largest absolute Gasteiger partial charge is 0.491 e. The maximum Gasteiger partial charge on any atom is 0.119 e. The predicted molar refractivity (Wildman–Crippen MR) is 82.3 cm³/mol. The Hall–Kier alpha value is -2.51. The van der Waals surface area contributed by atoms with Gasteiger partial charge >= 0.3 is 0 Å². The van der Waals surface area contributed by atoms with E-state index < -0.39 is 6.10 Å². The highest BCUT2D eigenvalue weighted by Crippen LogP contribution is 2.14. The van der Waals surface area contributed by atoms with Crippen LogP contribution in [0.3, 0.4) is 0 Å². The van der Waals surface area contributed by atoms with Gasteiger partial charge < -0.3 is 15.2 Å². The van der Waals surface area contributed by atoms with Crippen LogP contribution in [0.1, 0.15) is 11.1 Å². The molecule has 0 bridgehead atoms. The van der Waals surface area contributed by atoms with Crippen LogP contribution in [0.25, 0.3) is 0 Å². The van der Waals surface area contributed by atoms with Gasteiger partial charge in [-0.1, -0.05) is 24.3 Å². The minimum atomic E-state index is -0.655. The zero-order chi connectivity index (χ0) is 15.1. The SMILES string of the molecule is Cc1cccc(OCC(O)CNc2ccccc2C#N)c1. The Balaban J connectivity index is 1.82. The first-order chi connectivity index (χ1) is 10.2. The topological polar surface area (TPSA) is 65.3 Å². The molecule has 0 heterocycles. The lowest BCUT2D eigenvalue weighted by atomic mass is 10.2. The summed E-state index contributed by atoms with van der Waals surface area (Å²) in [5, 5.41) is 22.0. The van der Waals surface area contributed by atoms with Gasteiger partial charge in [-0.05, 0) is 36.8 Å². The third-order valence-corrected chi connectivity index (χ3v) is 3.01. The third-order valence-electron chi connectivity index (χ3n) is 3.01. The molecule has 2 rings (SSSR count). The molecule has 4 nitrogen and oxygen atoms in total. The van der Waals surface area contributed by atoms with Crippen LogP contribution >= 0.6 is 0 Å². The number of para-hydroxylation sites is 1. The van der Waals surface area contributed by atoms with Crippen molar-refractivity contribution in [3.05, 3.63) is 59.7 Å². The van der Waals surface area contributed by atoms with Gasteiger partial charge in [-0.15, -0.1) is 0 Å². The number of anilines is 1. The Bertz CT molecular complexity index is 635. The molecule has 2 aromatic rings. The van der Waals surface area contributed by atoms with Crippen LogP contribution in [-0.4, -0.2) is 24.4 Å². The minimum absolute atomic E-state index is 0.200. The van der Waals surface area contributed by atoms with Crippen LogP contribution in [0.5, 0.6) is 5.75 Å². The Morgan fingerprint density at radius 3 is 2.81 bits per heavy atom. The third kappa shape index (κ3) is 4.51. The molecule has 2 aromatic carbocycles. The lowest BCUT2D eigenvalue weighted by Crippen LogP contribution is -2.26. The lowest BCUT2D eigenvalue weighted by Gasteiger charge is -2.15. The van der Waals surface area contributed by atoms with Crippen molar-refractivity contribution >= 4 is 5.69 Å². The maximum absolute atomic E-state index is 9.93. The summed E-state index contributed by atoms with van der Waals surface area (Å²) in [5.41, 5.74) is 2.39. The molecular formula is C17H18N2O2. The van der Waals surface area contributed by atoms with Crippen molar-refractivity contribution in [2.75, 3.05) is 18.5 Å². The molecular weight excluding hydrogens is 264 g/mol. The van der Waals surface area contributed by atoms with Crippen LogP contribution in [0, 0.1) is 18.3 Å². The second kappa shape index (κ2) is 7.32. The van der Waals surface area contributed by atoms with Crippen molar-refractivity contribution in [1.29, 1.82) is 5.26 Å². The Kier molecular flexibility index (Phi) is 5.19. The Labute approximate surface area is 124 Å². The van der Waals surface area contributed by atoms with E-state index in [1.165, 1.54) is 0 Å². The van der Waals surface area contributed by atoms with Gasteiger partial charge in [-0.3, -0.25) is 0 Å². The molecule has 0 spiro atoms. The summed E-state index contributed by atoms with van der Waals surface area (Å²) >= 11 is 0. The Morgan fingerprint density at radius 2 is 2.05 bits per heavy atom. The highest BCUT2D eigenvalue weighted by atomic mass is 16.5. The highest BCUT2D eigenvalue weighted by Gasteiger charge is 2.07. The fourth-order valence-electron chi connectivity index (χ4n) is 1.92. The predicted octanol–water partition coefficient (Wildman–Crippen LogP) is 2.72. The summed E-state index contributed by atoms with van der Waals surface area (Å²) in [5.74, 6) is 0.742. The van der Waals surface area contributed by atoms with Gasteiger partial charge in [-0.2, -0.15) is 5.26 Å². The molecule has 1 unspecified atom stereocenters.